The number of aromatic nitrogens is 4. The Labute approximate surface area is 138 Å². The van der Waals surface area contributed by atoms with Crippen molar-refractivity contribution in [3.63, 3.8) is 0 Å². The van der Waals surface area contributed by atoms with Gasteiger partial charge in [-0.2, -0.15) is 28.2 Å². The summed E-state index contributed by atoms with van der Waals surface area (Å²) in [7, 11) is 0. The number of carbonyl (C=O) groups excluding carboxylic acids is 1. The minimum atomic E-state index is -4.48. The Morgan fingerprint density at radius 3 is 2.84 bits per heavy atom. The molecule has 0 spiro atoms. The maximum atomic E-state index is 12.7. The summed E-state index contributed by atoms with van der Waals surface area (Å²) in [6.45, 7) is -0.229. The normalized spacial score (nSPS) is 11.5. The molecule has 0 saturated carbocycles. The molecule has 25 heavy (non-hydrogen) atoms. The largest absolute Gasteiger partial charge is 0.416 e. The fraction of sp³-hybridized carbons (Fsp3) is 0.143. The van der Waals surface area contributed by atoms with Gasteiger partial charge in [-0.1, -0.05) is 6.07 Å². The maximum Gasteiger partial charge on any atom is 0.416 e. The highest BCUT2D eigenvalue weighted by molar-refractivity contribution is 5.95. The van der Waals surface area contributed by atoms with Crippen LogP contribution in [0.3, 0.4) is 0 Å². The number of fused-ring (bicyclic) bond motifs is 1. The van der Waals surface area contributed by atoms with E-state index in [1.54, 1.807) is 0 Å². The van der Waals surface area contributed by atoms with Crippen molar-refractivity contribution < 1.29 is 18.0 Å². The Hall–Kier alpha value is -3.37. The zero-order valence-corrected chi connectivity index (χ0v) is 12.6. The molecule has 0 saturated heterocycles. The van der Waals surface area contributed by atoms with E-state index in [1.807, 2.05) is 0 Å². The molecular formula is C14H12F3N7O. The fourth-order valence-corrected chi connectivity index (χ4v) is 2.13. The number of rotatable bonds is 4. The molecule has 0 fully saturated rings. The first-order valence-electron chi connectivity index (χ1n) is 7.00. The lowest BCUT2D eigenvalue weighted by Gasteiger charge is -2.11. The van der Waals surface area contributed by atoms with Crippen molar-refractivity contribution in [2.75, 3.05) is 22.9 Å². The zero-order chi connectivity index (χ0) is 18.0. The maximum absolute atomic E-state index is 12.7. The van der Waals surface area contributed by atoms with E-state index in [2.05, 4.69) is 30.8 Å². The first-order chi connectivity index (χ1) is 11.8. The molecule has 0 atom stereocenters. The van der Waals surface area contributed by atoms with Crippen molar-refractivity contribution in [3.05, 3.63) is 36.0 Å². The van der Waals surface area contributed by atoms with Crippen LogP contribution in [0.4, 0.5) is 30.6 Å². The van der Waals surface area contributed by atoms with Gasteiger partial charge in [0.25, 0.3) is 0 Å². The van der Waals surface area contributed by atoms with Crippen molar-refractivity contribution in [2.24, 2.45) is 0 Å². The van der Waals surface area contributed by atoms with E-state index < -0.39 is 17.6 Å². The lowest BCUT2D eigenvalue weighted by Crippen LogP contribution is -2.22. The number of nitrogens with one attached hydrogen (secondary N) is 3. The Bertz CT molecular complexity index is 922. The highest BCUT2D eigenvalue weighted by Crippen LogP contribution is 2.30. The third-order valence-corrected chi connectivity index (χ3v) is 3.22. The van der Waals surface area contributed by atoms with Gasteiger partial charge in [0.2, 0.25) is 11.9 Å². The summed E-state index contributed by atoms with van der Waals surface area (Å²) >= 11 is 0. The average Bonchev–Trinajstić information content (AvgIpc) is 3.00. The summed E-state index contributed by atoms with van der Waals surface area (Å²) in [6, 6.07) is 4.36. The first-order valence-corrected chi connectivity index (χ1v) is 7.00. The molecule has 3 aromatic rings. The molecule has 1 amide bonds. The molecule has 0 unspecified atom stereocenters. The number of anilines is 3. The lowest BCUT2D eigenvalue weighted by atomic mass is 10.2. The number of nitrogen functional groups attached to an aromatic ring is 1. The number of benzene rings is 1. The van der Waals surface area contributed by atoms with Gasteiger partial charge in [0.1, 0.15) is 5.82 Å². The van der Waals surface area contributed by atoms with Crippen LogP contribution in [0.1, 0.15) is 5.56 Å². The number of aromatic amines is 1. The lowest BCUT2D eigenvalue weighted by molar-refractivity contribution is -0.137. The quantitative estimate of drug-likeness (QED) is 0.570. The second-order valence-electron chi connectivity index (χ2n) is 5.04. The molecule has 130 valence electrons. The van der Waals surface area contributed by atoms with Gasteiger partial charge in [0.15, 0.2) is 5.65 Å². The first kappa shape index (κ1) is 16.5. The van der Waals surface area contributed by atoms with Crippen molar-refractivity contribution >= 4 is 34.4 Å². The third-order valence-electron chi connectivity index (χ3n) is 3.22. The van der Waals surface area contributed by atoms with Gasteiger partial charge < -0.3 is 16.4 Å². The predicted octanol–water partition coefficient (Wildman–Crippen LogP) is 2.00. The smallest absolute Gasteiger partial charge is 0.368 e. The van der Waals surface area contributed by atoms with Crippen LogP contribution in [0.2, 0.25) is 0 Å². The number of hydrogen-bond donors (Lipinski definition) is 4. The molecule has 0 radical (unpaired) electrons. The monoisotopic (exact) mass is 351 g/mol. The van der Waals surface area contributed by atoms with Gasteiger partial charge >= 0.3 is 6.18 Å². The summed E-state index contributed by atoms with van der Waals surface area (Å²) < 4.78 is 38.0. The predicted molar refractivity (Wildman–Crippen MR) is 84.7 cm³/mol. The van der Waals surface area contributed by atoms with E-state index in [-0.39, 0.29) is 24.0 Å². The van der Waals surface area contributed by atoms with Crippen LogP contribution in [0.15, 0.2) is 30.5 Å². The van der Waals surface area contributed by atoms with Crippen LogP contribution >= 0.6 is 0 Å². The molecule has 5 N–H and O–H groups in total. The SMILES string of the molecule is Nc1nc(NCC(=O)Nc2cccc(C(F)(F)F)c2)c2cn[nH]c2n1. The summed E-state index contributed by atoms with van der Waals surface area (Å²) in [5.41, 5.74) is 5.14. The number of alkyl halides is 3. The standard InChI is InChI=1S/C14H12F3N7O/c15-14(16,17)7-2-1-3-8(4-7)21-10(25)6-19-11-9-5-20-24-12(9)23-13(18)22-11/h1-5H,6H2,(H,21,25)(H4,18,19,20,22,23,24). The minimum absolute atomic E-state index is 0.0162. The molecule has 8 nitrogen and oxygen atoms in total. The van der Waals surface area contributed by atoms with Crippen LogP contribution in [0, 0.1) is 0 Å². The summed E-state index contributed by atoms with van der Waals surface area (Å²) in [4.78, 5) is 19.8. The number of hydrogen-bond acceptors (Lipinski definition) is 6. The molecule has 2 heterocycles. The van der Waals surface area contributed by atoms with E-state index in [4.69, 9.17) is 5.73 Å². The van der Waals surface area contributed by atoms with Crippen LogP contribution in [0.25, 0.3) is 11.0 Å². The molecule has 11 heteroatoms. The molecule has 2 aromatic heterocycles. The van der Waals surface area contributed by atoms with Gasteiger partial charge in [-0.05, 0) is 18.2 Å². The molecule has 0 aliphatic heterocycles. The van der Waals surface area contributed by atoms with Crippen LogP contribution in [-0.2, 0) is 11.0 Å². The van der Waals surface area contributed by atoms with Crippen molar-refractivity contribution in [1.29, 1.82) is 0 Å². The van der Waals surface area contributed by atoms with E-state index in [0.717, 1.165) is 12.1 Å². The Balaban J connectivity index is 1.68. The molecule has 1 aromatic carbocycles. The van der Waals surface area contributed by atoms with Crippen molar-refractivity contribution in [2.45, 2.75) is 6.18 Å². The highest BCUT2D eigenvalue weighted by Gasteiger charge is 2.30. The van der Waals surface area contributed by atoms with Gasteiger partial charge in [0, 0.05) is 5.69 Å². The Kier molecular flexibility index (Phi) is 4.13. The van der Waals surface area contributed by atoms with E-state index in [9.17, 15) is 18.0 Å². The molecule has 0 aliphatic carbocycles. The number of amides is 1. The number of H-pyrrole nitrogens is 1. The average molecular weight is 351 g/mol. The van der Waals surface area contributed by atoms with Crippen LogP contribution in [0.5, 0.6) is 0 Å². The van der Waals surface area contributed by atoms with Gasteiger partial charge in [-0.3, -0.25) is 9.89 Å². The molecule has 0 aliphatic rings. The number of nitrogens with two attached hydrogens (primary N) is 1. The molecule has 3 rings (SSSR count). The van der Waals surface area contributed by atoms with E-state index in [0.29, 0.717) is 11.0 Å². The Morgan fingerprint density at radius 2 is 2.08 bits per heavy atom. The van der Waals surface area contributed by atoms with Gasteiger partial charge in [-0.15, -0.1) is 0 Å². The van der Waals surface area contributed by atoms with Gasteiger partial charge in [-0.25, -0.2) is 0 Å². The Morgan fingerprint density at radius 1 is 1.28 bits per heavy atom. The topological polar surface area (TPSA) is 122 Å². The third kappa shape index (κ3) is 3.76. The van der Waals surface area contributed by atoms with Gasteiger partial charge in [0.05, 0.1) is 23.7 Å². The van der Waals surface area contributed by atoms with Crippen LogP contribution in [-0.4, -0.2) is 32.6 Å². The number of carbonyl (C=O) groups is 1. The zero-order valence-electron chi connectivity index (χ0n) is 12.6. The van der Waals surface area contributed by atoms with E-state index >= 15 is 0 Å². The van der Waals surface area contributed by atoms with Crippen molar-refractivity contribution in [3.8, 4) is 0 Å². The number of halogens is 3. The summed E-state index contributed by atoms with van der Waals surface area (Å²) in [5, 5.41) is 12.1. The molecule has 0 bridgehead atoms. The summed E-state index contributed by atoms with van der Waals surface area (Å²) in [5.74, 6) is -0.277. The second kappa shape index (κ2) is 6.26. The minimum Gasteiger partial charge on any atom is -0.368 e. The van der Waals surface area contributed by atoms with Crippen LogP contribution < -0.4 is 16.4 Å². The number of nitrogens with zero attached hydrogens (tertiary/aromatic N) is 3. The van der Waals surface area contributed by atoms with E-state index in [1.165, 1.54) is 18.3 Å². The highest BCUT2D eigenvalue weighted by atomic mass is 19.4. The fourth-order valence-electron chi connectivity index (χ4n) is 2.13. The molecular weight excluding hydrogens is 339 g/mol. The van der Waals surface area contributed by atoms with Crippen molar-refractivity contribution in [1.82, 2.24) is 20.2 Å². The second-order valence-corrected chi connectivity index (χ2v) is 5.04. The summed E-state index contributed by atoms with van der Waals surface area (Å²) in [6.07, 6.45) is -3.02.